The second-order valence-electron chi connectivity index (χ2n) is 5.87. The summed E-state index contributed by atoms with van der Waals surface area (Å²) >= 11 is 0. The van der Waals surface area contributed by atoms with Gasteiger partial charge in [0.25, 0.3) is 0 Å². The number of aryl methyl sites for hydroxylation is 1. The number of sulfonamides is 1. The molecule has 1 aliphatic rings. The number of hydrogen-bond acceptors (Lipinski definition) is 5. The lowest BCUT2D eigenvalue weighted by Crippen LogP contribution is -2.41. The molecule has 0 radical (unpaired) electrons. The van der Waals surface area contributed by atoms with Crippen molar-refractivity contribution in [2.45, 2.75) is 44.9 Å². The summed E-state index contributed by atoms with van der Waals surface area (Å²) in [5.41, 5.74) is 1.03. The molecule has 24 heavy (non-hydrogen) atoms. The molecule has 2 heterocycles. The maximum atomic E-state index is 12.9. The normalized spacial score (nSPS) is 18.5. The van der Waals surface area contributed by atoms with Crippen LogP contribution in [0.1, 0.15) is 37.1 Å². The van der Waals surface area contributed by atoms with E-state index in [-0.39, 0.29) is 6.04 Å². The summed E-state index contributed by atoms with van der Waals surface area (Å²) in [4.78, 5) is 0.308. The summed E-state index contributed by atoms with van der Waals surface area (Å²) in [6, 6.07) is 6.55. The third-order valence-electron chi connectivity index (χ3n) is 4.27. The minimum absolute atomic E-state index is 0.308. The molecule has 0 fully saturated rings. The molecule has 1 aromatic heterocycles. The van der Waals surface area contributed by atoms with Crippen LogP contribution in [-0.2, 0) is 27.9 Å². The summed E-state index contributed by atoms with van der Waals surface area (Å²) < 4.78 is 34.7. The second kappa shape index (κ2) is 6.62. The molecule has 7 nitrogen and oxygen atoms in total. The fraction of sp³-hybridized carbons (Fsp3) is 0.500. The zero-order chi connectivity index (χ0) is 17.3. The molecule has 1 atom stereocenters. The van der Waals surface area contributed by atoms with Crippen molar-refractivity contribution in [2.24, 2.45) is 0 Å². The van der Waals surface area contributed by atoms with Gasteiger partial charge in [0.15, 0.2) is 11.6 Å². The monoisotopic (exact) mass is 350 g/mol. The van der Waals surface area contributed by atoms with Gasteiger partial charge < -0.3 is 9.30 Å². The minimum Gasteiger partial charge on any atom is -0.374 e. The van der Waals surface area contributed by atoms with Gasteiger partial charge in [-0.25, -0.2) is 8.42 Å². The summed E-state index contributed by atoms with van der Waals surface area (Å²) in [5.74, 6) is 1.40. The SMILES string of the molecule is CCOCc1nnc2n1CCN(S(=O)(=O)c1ccc(C)cc1)[C@@H]2C. The molecule has 8 heteroatoms. The van der Waals surface area contributed by atoms with E-state index in [1.165, 1.54) is 4.31 Å². The van der Waals surface area contributed by atoms with Crippen molar-refractivity contribution < 1.29 is 13.2 Å². The van der Waals surface area contributed by atoms with Gasteiger partial charge in [-0.2, -0.15) is 4.31 Å². The smallest absolute Gasteiger partial charge is 0.243 e. The zero-order valence-electron chi connectivity index (χ0n) is 14.1. The zero-order valence-corrected chi connectivity index (χ0v) is 15.0. The van der Waals surface area contributed by atoms with Crippen LogP contribution in [0.15, 0.2) is 29.2 Å². The summed E-state index contributed by atoms with van der Waals surface area (Å²) in [6.07, 6.45) is 0. The van der Waals surface area contributed by atoms with Crippen LogP contribution in [0.3, 0.4) is 0 Å². The Morgan fingerprint density at radius 3 is 2.58 bits per heavy atom. The third kappa shape index (κ3) is 2.97. The average molecular weight is 350 g/mol. The lowest BCUT2D eigenvalue weighted by molar-refractivity contribution is 0.123. The number of hydrogen-bond donors (Lipinski definition) is 0. The fourth-order valence-corrected chi connectivity index (χ4v) is 4.48. The standard InChI is InChI=1S/C16H22N4O3S/c1-4-23-11-15-17-18-16-13(3)20(10-9-19(15)16)24(21,22)14-7-5-12(2)6-8-14/h5-8,13H,4,9-11H2,1-3H3/t13-/m1/s1. The molecule has 2 aromatic rings. The lowest BCUT2D eigenvalue weighted by Gasteiger charge is -2.32. The van der Waals surface area contributed by atoms with E-state index in [9.17, 15) is 8.42 Å². The van der Waals surface area contributed by atoms with Gasteiger partial charge in [-0.1, -0.05) is 17.7 Å². The van der Waals surface area contributed by atoms with Gasteiger partial charge in [-0.15, -0.1) is 10.2 Å². The Bertz CT molecular complexity index is 814. The highest BCUT2D eigenvalue weighted by molar-refractivity contribution is 7.89. The van der Waals surface area contributed by atoms with Crippen molar-refractivity contribution in [2.75, 3.05) is 13.2 Å². The van der Waals surface area contributed by atoms with E-state index in [2.05, 4.69) is 10.2 Å². The molecule has 3 rings (SSSR count). The first-order valence-electron chi connectivity index (χ1n) is 8.03. The first-order valence-corrected chi connectivity index (χ1v) is 9.47. The van der Waals surface area contributed by atoms with Gasteiger partial charge in [0.1, 0.15) is 6.61 Å². The largest absolute Gasteiger partial charge is 0.374 e. The maximum absolute atomic E-state index is 12.9. The van der Waals surface area contributed by atoms with Crippen LogP contribution in [0, 0.1) is 6.92 Å². The molecule has 0 saturated heterocycles. The van der Waals surface area contributed by atoms with E-state index < -0.39 is 10.0 Å². The van der Waals surface area contributed by atoms with E-state index in [4.69, 9.17) is 4.74 Å². The van der Waals surface area contributed by atoms with Crippen molar-refractivity contribution in [1.82, 2.24) is 19.1 Å². The van der Waals surface area contributed by atoms with Crippen molar-refractivity contribution in [3.05, 3.63) is 41.5 Å². The molecule has 1 aromatic carbocycles. The van der Waals surface area contributed by atoms with E-state index in [0.29, 0.717) is 37.0 Å². The molecule has 0 amide bonds. The molecule has 0 unspecified atom stereocenters. The topological polar surface area (TPSA) is 77.3 Å². The highest BCUT2D eigenvalue weighted by Crippen LogP contribution is 2.30. The first kappa shape index (κ1) is 17.1. The van der Waals surface area contributed by atoms with Gasteiger partial charge in [-0.05, 0) is 32.9 Å². The number of aromatic nitrogens is 3. The molecule has 0 spiro atoms. The number of fused-ring (bicyclic) bond motifs is 1. The first-order chi connectivity index (χ1) is 11.4. The van der Waals surface area contributed by atoms with Gasteiger partial charge in [-0.3, -0.25) is 0 Å². The predicted octanol–water partition coefficient (Wildman–Crippen LogP) is 1.89. The number of rotatable bonds is 5. The highest BCUT2D eigenvalue weighted by atomic mass is 32.2. The Balaban J connectivity index is 1.89. The second-order valence-corrected chi connectivity index (χ2v) is 7.76. The molecule has 0 aliphatic carbocycles. The summed E-state index contributed by atoms with van der Waals surface area (Å²) in [7, 11) is -3.56. The van der Waals surface area contributed by atoms with Crippen LogP contribution in [0.2, 0.25) is 0 Å². The highest BCUT2D eigenvalue weighted by Gasteiger charge is 2.36. The fourth-order valence-electron chi connectivity index (χ4n) is 2.90. The average Bonchev–Trinajstić information content (AvgIpc) is 2.97. The van der Waals surface area contributed by atoms with Gasteiger partial charge in [0, 0.05) is 19.7 Å². The Morgan fingerprint density at radius 2 is 1.92 bits per heavy atom. The van der Waals surface area contributed by atoms with E-state index in [1.807, 2.05) is 37.5 Å². The molecule has 1 aliphatic heterocycles. The molecule has 130 valence electrons. The number of ether oxygens (including phenoxy) is 1. The van der Waals surface area contributed by atoms with Crippen LogP contribution < -0.4 is 0 Å². The van der Waals surface area contributed by atoms with Crippen molar-refractivity contribution in [3.63, 3.8) is 0 Å². The Kier molecular flexibility index (Phi) is 4.71. The Labute approximate surface area is 142 Å². The lowest BCUT2D eigenvalue weighted by atomic mass is 10.2. The van der Waals surface area contributed by atoms with Crippen LogP contribution in [-0.4, -0.2) is 40.6 Å². The van der Waals surface area contributed by atoms with Crippen molar-refractivity contribution in [1.29, 1.82) is 0 Å². The summed E-state index contributed by atoms with van der Waals surface area (Å²) in [6.45, 7) is 7.61. The van der Waals surface area contributed by atoms with Crippen LogP contribution in [0.4, 0.5) is 0 Å². The molecular weight excluding hydrogens is 328 g/mol. The van der Waals surface area contributed by atoms with Crippen LogP contribution in [0.25, 0.3) is 0 Å². The summed E-state index contributed by atoms with van der Waals surface area (Å²) in [5, 5.41) is 8.34. The molecule has 0 saturated carbocycles. The van der Waals surface area contributed by atoms with E-state index in [1.54, 1.807) is 12.1 Å². The van der Waals surface area contributed by atoms with Crippen LogP contribution in [0.5, 0.6) is 0 Å². The maximum Gasteiger partial charge on any atom is 0.243 e. The Morgan fingerprint density at radius 1 is 1.21 bits per heavy atom. The number of benzene rings is 1. The van der Waals surface area contributed by atoms with Crippen molar-refractivity contribution in [3.8, 4) is 0 Å². The van der Waals surface area contributed by atoms with Gasteiger partial charge in [0.05, 0.1) is 10.9 Å². The minimum atomic E-state index is -3.56. The van der Waals surface area contributed by atoms with E-state index >= 15 is 0 Å². The van der Waals surface area contributed by atoms with Gasteiger partial charge >= 0.3 is 0 Å². The predicted molar refractivity (Wildman–Crippen MR) is 88.8 cm³/mol. The van der Waals surface area contributed by atoms with Gasteiger partial charge in [0.2, 0.25) is 10.0 Å². The quantitative estimate of drug-likeness (QED) is 0.823. The molecule has 0 bridgehead atoms. The van der Waals surface area contributed by atoms with Crippen molar-refractivity contribution >= 4 is 10.0 Å². The third-order valence-corrected chi connectivity index (χ3v) is 6.25. The van der Waals surface area contributed by atoms with Crippen LogP contribution >= 0.6 is 0 Å². The molecular formula is C16H22N4O3S. The van der Waals surface area contributed by atoms with E-state index in [0.717, 1.165) is 11.4 Å². The molecule has 0 N–H and O–H groups in total. The number of nitrogens with zero attached hydrogens (tertiary/aromatic N) is 4. The Hall–Kier alpha value is -1.77.